The van der Waals surface area contributed by atoms with E-state index < -0.39 is 0 Å². The topological polar surface area (TPSA) is 106 Å². The SMILES string of the molecule is CCOc1cc(Oc2ccc(C(=O)c3ccc(Oc4ccc(N)c(OCC)c4)cc3)cc2)ccc1N. The number of hydrogen-bond acceptors (Lipinski definition) is 7. The predicted molar refractivity (Wildman–Crippen MR) is 141 cm³/mol. The normalized spacial score (nSPS) is 10.5. The average molecular weight is 485 g/mol. The molecule has 0 aliphatic rings. The van der Waals surface area contributed by atoms with E-state index in [0.29, 0.717) is 70.2 Å². The molecule has 0 heterocycles. The van der Waals surface area contributed by atoms with Crippen molar-refractivity contribution in [3.8, 4) is 34.5 Å². The highest BCUT2D eigenvalue weighted by atomic mass is 16.5. The number of nitrogens with two attached hydrogens (primary N) is 2. The second-order valence-corrected chi connectivity index (χ2v) is 7.85. The molecular formula is C29H28N2O5. The molecule has 36 heavy (non-hydrogen) atoms. The maximum Gasteiger partial charge on any atom is 0.193 e. The van der Waals surface area contributed by atoms with Gasteiger partial charge >= 0.3 is 0 Å². The third kappa shape index (κ3) is 5.88. The number of ketones is 1. The van der Waals surface area contributed by atoms with Gasteiger partial charge in [-0.3, -0.25) is 4.79 Å². The van der Waals surface area contributed by atoms with Crippen LogP contribution in [0.5, 0.6) is 34.5 Å². The molecule has 0 radical (unpaired) electrons. The third-order valence-electron chi connectivity index (χ3n) is 5.27. The summed E-state index contributed by atoms with van der Waals surface area (Å²) in [6, 6.07) is 24.4. The Bertz CT molecular complexity index is 1230. The van der Waals surface area contributed by atoms with E-state index in [1.807, 2.05) is 13.8 Å². The molecule has 4 aromatic carbocycles. The van der Waals surface area contributed by atoms with Gasteiger partial charge < -0.3 is 30.4 Å². The molecule has 7 heteroatoms. The van der Waals surface area contributed by atoms with Crippen LogP contribution in [-0.4, -0.2) is 19.0 Å². The molecule has 4 aromatic rings. The largest absolute Gasteiger partial charge is 0.492 e. The van der Waals surface area contributed by atoms with Gasteiger partial charge in [-0.05, 0) is 86.6 Å². The van der Waals surface area contributed by atoms with E-state index in [4.69, 9.17) is 30.4 Å². The van der Waals surface area contributed by atoms with E-state index in [-0.39, 0.29) is 5.78 Å². The van der Waals surface area contributed by atoms with Crippen molar-refractivity contribution in [1.82, 2.24) is 0 Å². The summed E-state index contributed by atoms with van der Waals surface area (Å²) in [5.41, 5.74) is 14.0. The zero-order valence-electron chi connectivity index (χ0n) is 20.2. The average Bonchev–Trinajstić information content (AvgIpc) is 2.89. The first kappa shape index (κ1) is 24.5. The summed E-state index contributed by atoms with van der Waals surface area (Å²) in [4.78, 5) is 13.0. The van der Waals surface area contributed by atoms with Gasteiger partial charge in [0.05, 0.1) is 24.6 Å². The van der Waals surface area contributed by atoms with Crippen molar-refractivity contribution in [2.24, 2.45) is 0 Å². The van der Waals surface area contributed by atoms with Crippen LogP contribution in [0.3, 0.4) is 0 Å². The van der Waals surface area contributed by atoms with E-state index in [0.717, 1.165) is 0 Å². The van der Waals surface area contributed by atoms with Crippen molar-refractivity contribution >= 4 is 17.2 Å². The zero-order chi connectivity index (χ0) is 25.5. The number of ether oxygens (including phenoxy) is 4. The third-order valence-corrected chi connectivity index (χ3v) is 5.27. The van der Waals surface area contributed by atoms with Crippen LogP contribution in [0.4, 0.5) is 11.4 Å². The minimum atomic E-state index is -0.106. The Morgan fingerprint density at radius 2 is 0.944 bits per heavy atom. The van der Waals surface area contributed by atoms with Gasteiger partial charge in [-0.25, -0.2) is 0 Å². The summed E-state index contributed by atoms with van der Waals surface area (Å²) < 4.78 is 22.8. The minimum absolute atomic E-state index is 0.106. The molecule has 0 atom stereocenters. The second kappa shape index (κ2) is 11.2. The molecular weight excluding hydrogens is 456 g/mol. The number of nitrogen functional groups attached to an aromatic ring is 2. The molecule has 184 valence electrons. The lowest BCUT2D eigenvalue weighted by molar-refractivity contribution is 0.103. The standard InChI is InChI=1S/C29H28N2O5/c1-3-33-27-17-23(13-15-25(27)30)35-21-9-5-19(6-10-21)29(32)20-7-11-22(12-8-20)36-24-14-16-26(31)28(18-24)34-4-2/h5-18H,3-4,30-31H2,1-2H3. The van der Waals surface area contributed by atoms with Crippen molar-refractivity contribution in [1.29, 1.82) is 0 Å². The lowest BCUT2D eigenvalue weighted by Gasteiger charge is -2.11. The molecule has 0 aliphatic heterocycles. The highest BCUT2D eigenvalue weighted by molar-refractivity contribution is 6.09. The van der Waals surface area contributed by atoms with Gasteiger partial charge in [0, 0.05) is 23.3 Å². The molecule has 4 rings (SSSR count). The van der Waals surface area contributed by atoms with Gasteiger partial charge in [-0.1, -0.05) is 0 Å². The van der Waals surface area contributed by atoms with E-state index in [9.17, 15) is 4.79 Å². The summed E-state index contributed by atoms with van der Waals surface area (Å²) >= 11 is 0. The van der Waals surface area contributed by atoms with Crippen molar-refractivity contribution in [3.05, 3.63) is 96.1 Å². The van der Waals surface area contributed by atoms with Crippen LogP contribution in [0, 0.1) is 0 Å². The van der Waals surface area contributed by atoms with Crippen molar-refractivity contribution in [3.63, 3.8) is 0 Å². The fraction of sp³-hybridized carbons (Fsp3) is 0.138. The summed E-state index contributed by atoms with van der Waals surface area (Å²) in [5, 5.41) is 0. The van der Waals surface area contributed by atoms with Crippen molar-refractivity contribution < 1.29 is 23.7 Å². The molecule has 0 aliphatic carbocycles. The summed E-state index contributed by atoms with van der Waals surface area (Å²) in [6.45, 7) is 4.80. The van der Waals surface area contributed by atoms with Gasteiger partial charge in [-0.15, -0.1) is 0 Å². The molecule has 0 saturated heterocycles. The zero-order valence-corrected chi connectivity index (χ0v) is 20.2. The summed E-state index contributed by atoms with van der Waals surface area (Å²) in [6.07, 6.45) is 0. The molecule has 0 saturated carbocycles. The Labute approximate surface area is 210 Å². The van der Waals surface area contributed by atoms with Gasteiger partial charge in [0.1, 0.15) is 34.5 Å². The molecule has 0 unspecified atom stereocenters. The Balaban J connectivity index is 1.41. The van der Waals surface area contributed by atoms with Crippen molar-refractivity contribution in [2.75, 3.05) is 24.7 Å². The van der Waals surface area contributed by atoms with Gasteiger partial charge in [0.25, 0.3) is 0 Å². The number of anilines is 2. The number of carbonyl (C=O) groups excluding carboxylic acids is 1. The minimum Gasteiger partial charge on any atom is -0.492 e. The van der Waals surface area contributed by atoms with E-state index >= 15 is 0 Å². The van der Waals surface area contributed by atoms with Gasteiger partial charge in [-0.2, -0.15) is 0 Å². The van der Waals surface area contributed by atoms with Crippen LogP contribution < -0.4 is 30.4 Å². The molecule has 0 bridgehead atoms. The van der Waals surface area contributed by atoms with Gasteiger partial charge in [0.15, 0.2) is 5.78 Å². The maximum atomic E-state index is 13.0. The number of carbonyl (C=O) groups is 1. The summed E-state index contributed by atoms with van der Waals surface area (Å²) in [5.74, 6) is 3.41. The predicted octanol–water partition coefficient (Wildman–Crippen LogP) is 6.46. The van der Waals surface area contributed by atoms with E-state index in [1.54, 1.807) is 84.9 Å². The van der Waals surface area contributed by atoms with E-state index in [2.05, 4.69) is 0 Å². The monoisotopic (exact) mass is 484 g/mol. The Hall–Kier alpha value is -4.65. The van der Waals surface area contributed by atoms with Crippen LogP contribution in [-0.2, 0) is 0 Å². The molecule has 4 N–H and O–H groups in total. The van der Waals surface area contributed by atoms with Crippen LogP contribution in [0.1, 0.15) is 29.8 Å². The van der Waals surface area contributed by atoms with Crippen LogP contribution in [0.15, 0.2) is 84.9 Å². The highest BCUT2D eigenvalue weighted by Gasteiger charge is 2.11. The number of hydrogen-bond donors (Lipinski definition) is 2. The lowest BCUT2D eigenvalue weighted by atomic mass is 10.0. The molecule has 0 fully saturated rings. The number of benzene rings is 4. The highest BCUT2D eigenvalue weighted by Crippen LogP contribution is 2.32. The first-order chi connectivity index (χ1) is 17.5. The lowest BCUT2D eigenvalue weighted by Crippen LogP contribution is -2.01. The van der Waals surface area contributed by atoms with Gasteiger partial charge in [0.2, 0.25) is 0 Å². The summed E-state index contributed by atoms with van der Waals surface area (Å²) in [7, 11) is 0. The van der Waals surface area contributed by atoms with Crippen LogP contribution in [0.25, 0.3) is 0 Å². The van der Waals surface area contributed by atoms with Crippen LogP contribution >= 0.6 is 0 Å². The molecule has 7 nitrogen and oxygen atoms in total. The molecule has 0 amide bonds. The second-order valence-electron chi connectivity index (χ2n) is 7.85. The quantitative estimate of drug-likeness (QED) is 0.196. The fourth-order valence-corrected chi connectivity index (χ4v) is 3.50. The number of rotatable bonds is 10. The van der Waals surface area contributed by atoms with Crippen LogP contribution in [0.2, 0.25) is 0 Å². The smallest absolute Gasteiger partial charge is 0.193 e. The Morgan fingerprint density at radius 3 is 1.31 bits per heavy atom. The first-order valence-corrected chi connectivity index (χ1v) is 11.6. The van der Waals surface area contributed by atoms with E-state index in [1.165, 1.54) is 0 Å². The Kier molecular flexibility index (Phi) is 7.60. The first-order valence-electron chi connectivity index (χ1n) is 11.6. The Morgan fingerprint density at radius 1 is 0.583 bits per heavy atom. The maximum absolute atomic E-state index is 13.0. The molecule has 0 spiro atoms. The fourth-order valence-electron chi connectivity index (χ4n) is 3.50. The van der Waals surface area contributed by atoms with Crippen molar-refractivity contribution in [2.45, 2.75) is 13.8 Å². The molecule has 0 aromatic heterocycles.